The number of benzene rings is 1. The third-order valence-corrected chi connectivity index (χ3v) is 6.18. The van der Waals surface area contributed by atoms with Gasteiger partial charge in [-0.15, -0.1) is 11.3 Å². The van der Waals surface area contributed by atoms with Crippen molar-refractivity contribution in [1.82, 2.24) is 20.9 Å². The van der Waals surface area contributed by atoms with E-state index in [1.54, 1.807) is 0 Å². The first-order chi connectivity index (χ1) is 14.7. The van der Waals surface area contributed by atoms with Crippen LogP contribution >= 0.6 is 11.3 Å². The van der Waals surface area contributed by atoms with E-state index in [0.717, 1.165) is 37.7 Å². The predicted molar refractivity (Wildman–Crippen MR) is 125 cm³/mol. The van der Waals surface area contributed by atoms with E-state index in [4.69, 9.17) is 4.99 Å². The second-order valence-electron chi connectivity index (χ2n) is 7.41. The Morgan fingerprint density at radius 2 is 1.90 bits per heavy atom. The lowest BCUT2D eigenvalue weighted by Gasteiger charge is -2.27. The molecule has 30 heavy (non-hydrogen) atoms. The van der Waals surface area contributed by atoms with Crippen molar-refractivity contribution in [1.29, 1.82) is 0 Å². The maximum atomic E-state index is 12.1. The van der Waals surface area contributed by atoms with Crippen molar-refractivity contribution in [2.75, 3.05) is 32.7 Å². The van der Waals surface area contributed by atoms with Gasteiger partial charge >= 0.3 is 0 Å². The molecule has 1 unspecified atom stereocenters. The molecule has 1 fully saturated rings. The number of aliphatic imine (C=N–C) groups is 1. The summed E-state index contributed by atoms with van der Waals surface area (Å²) in [6, 6.07) is 12.4. The second-order valence-corrected chi connectivity index (χ2v) is 8.39. The van der Waals surface area contributed by atoms with Gasteiger partial charge < -0.3 is 16.0 Å². The molecule has 1 aliphatic heterocycles. The zero-order chi connectivity index (χ0) is 21.2. The van der Waals surface area contributed by atoms with Gasteiger partial charge in [0, 0.05) is 30.1 Å². The molecule has 0 saturated carbocycles. The van der Waals surface area contributed by atoms with Crippen LogP contribution in [0.5, 0.6) is 0 Å². The number of carbonyl (C=O) groups is 1. The van der Waals surface area contributed by atoms with Gasteiger partial charge in [-0.25, -0.2) is 4.99 Å². The maximum Gasteiger partial charge on any atom is 0.251 e. The highest BCUT2D eigenvalue weighted by molar-refractivity contribution is 7.10. The molecular weight excluding hydrogens is 394 g/mol. The number of hydrogen-bond acceptors (Lipinski definition) is 4. The molecule has 0 bridgehead atoms. The van der Waals surface area contributed by atoms with Gasteiger partial charge in [-0.2, -0.15) is 0 Å². The van der Waals surface area contributed by atoms with Gasteiger partial charge in [0.25, 0.3) is 5.91 Å². The monoisotopic (exact) mass is 427 g/mol. The van der Waals surface area contributed by atoms with Crippen LogP contribution in [0.4, 0.5) is 0 Å². The second kappa shape index (κ2) is 11.7. The van der Waals surface area contributed by atoms with Crippen LogP contribution in [0.3, 0.4) is 0 Å². The van der Waals surface area contributed by atoms with Gasteiger partial charge in [-0.3, -0.25) is 9.69 Å². The number of nitrogens with zero attached hydrogens (tertiary/aromatic N) is 2. The summed E-state index contributed by atoms with van der Waals surface area (Å²) in [5, 5.41) is 11.9. The predicted octanol–water partition coefficient (Wildman–Crippen LogP) is 3.39. The van der Waals surface area contributed by atoms with E-state index in [1.165, 1.54) is 17.7 Å². The summed E-state index contributed by atoms with van der Waals surface area (Å²) in [5.74, 6) is 0.763. The SMILES string of the molecule is CCNC(=O)c1cccc(CN=C(NCC)NCC(c2cccs2)N2CCCC2)c1. The molecule has 7 heteroatoms. The van der Waals surface area contributed by atoms with Crippen molar-refractivity contribution in [3.05, 3.63) is 57.8 Å². The van der Waals surface area contributed by atoms with Gasteiger partial charge in [0.1, 0.15) is 0 Å². The van der Waals surface area contributed by atoms with Crippen LogP contribution in [0, 0.1) is 0 Å². The van der Waals surface area contributed by atoms with E-state index in [-0.39, 0.29) is 5.91 Å². The van der Waals surface area contributed by atoms with E-state index in [9.17, 15) is 4.79 Å². The van der Waals surface area contributed by atoms with Crippen molar-refractivity contribution < 1.29 is 4.79 Å². The Kier molecular flexibility index (Phi) is 8.71. The van der Waals surface area contributed by atoms with E-state index >= 15 is 0 Å². The van der Waals surface area contributed by atoms with Crippen molar-refractivity contribution >= 4 is 23.2 Å². The Balaban J connectivity index is 1.65. The zero-order valence-corrected chi connectivity index (χ0v) is 18.8. The average Bonchev–Trinajstić information content (AvgIpc) is 3.47. The average molecular weight is 428 g/mol. The van der Waals surface area contributed by atoms with Gasteiger partial charge in [0.15, 0.2) is 5.96 Å². The van der Waals surface area contributed by atoms with Gasteiger partial charge in [-0.1, -0.05) is 18.2 Å². The first-order valence-electron chi connectivity index (χ1n) is 10.9. The molecule has 0 aliphatic carbocycles. The molecule has 3 rings (SSSR count). The van der Waals surface area contributed by atoms with Crippen LogP contribution in [0.25, 0.3) is 0 Å². The van der Waals surface area contributed by atoms with Crippen molar-refractivity contribution in [2.45, 2.75) is 39.3 Å². The molecule has 1 amide bonds. The molecule has 0 spiro atoms. The number of carbonyl (C=O) groups excluding carboxylic acids is 1. The standard InChI is InChI=1S/C23H33N5OS/c1-3-24-22(29)19-10-7-9-18(15-19)16-26-23(25-4-2)27-17-20(21-11-8-14-30-21)28-12-5-6-13-28/h7-11,14-15,20H,3-6,12-13,16-17H2,1-2H3,(H,24,29)(H2,25,26,27). The Labute approximate surface area is 183 Å². The van der Waals surface area contributed by atoms with Crippen LogP contribution in [0.2, 0.25) is 0 Å². The molecule has 1 aliphatic rings. The van der Waals surface area contributed by atoms with Crippen LogP contribution in [0.1, 0.15) is 53.5 Å². The topological polar surface area (TPSA) is 68.8 Å². The number of hydrogen-bond donors (Lipinski definition) is 3. The van der Waals surface area contributed by atoms with Gasteiger partial charge in [-0.05, 0) is 68.9 Å². The number of amides is 1. The summed E-state index contributed by atoms with van der Waals surface area (Å²) in [6.07, 6.45) is 2.55. The molecular formula is C23H33N5OS. The molecule has 0 radical (unpaired) electrons. The van der Waals surface area contributed by atoms with Gasteiger partial charge in [0.05, 0.1) is 12.6 Å². The first-order valence-corrected chi connectivity index (χ1v) is 11.8. The summed E-state index contributed by atoms with van der Waals surface area (Å²) in [7, 11) is 0. The molecule has 1 atom stereocenters. The minimum atomic E-state index is -0.0437. The van der Waals surface area contributed by atoms with Crippen LogP contribution in [0.15, 0.2) is 46.8 Å². The highest BCUT2D eigenvalue weighted by atomic mass is 32.1. The third-order valence-electron chi connectivity index (χ3n) is 5.21. The highest BCUT2D eigenvalue weighted by Gasteiger charge is 2.24. The number of likely N-dealkylation sites (tertiary alicyclic amines) is 1. The van der Waals surface area contributed by atoms with E-state index in [0.29, 0.717) is 24.7 Å². The van der Waals surface area contributed by atoms with Crippen LogP contribution in [-0.2, 0) is 6.54 Å². The van der Waals surface area contributed by atoms with E-state index < -0.39 is 0 Å². The number of thiophene rings is 1. The summed E-state index contributed by atoms with van der Waals surface area (Å²) in [4.78, 5) is 20.8. The smallest absolute Gasteiger partial charge is 0.251 e. The number of rotatable bonds is 9. The van der Waals surface area contributed by atoms with E-state index in [2.05, 4.69) is 45.3 Å². The summed E-state index contributed by atoms with van der Waals surface area (Å²) in [6.45, 7) is 9.09. The van der Waals surface area contributed by atoms with E-state index in [1.807, 2.05) is 42.5 Å². The molecule has 2 aromatic rings. The molecule has 3 N–H and O–H groups in total. The zero-order valence-electron chi connectivity index (χ0n) is 18.0. The number of nitrogens with one attached hydrogen (secondary N) is 3. The third kappa shape index (κ3) is 6.31. The minimum Gasteiger partial charge on any atom is -0.357 e. The Bertz CT molecular complexity index is 815. The fourth-order valence-corrected chi connectivity index (χ4v) is 4.58. The molecule has 6 nitrogen and oxygen atoms in total. The lowest BCUT2D eigenvalue weighted by Crippen LogP contribution is -2.42. The maximum absolute atomic E-state index is 12.1. The normalized spacial score (nSPS) is 15.7. The van der Waals surface area contributed by atoms with Crippen molar-refractivity contribution in [3.63, 3.8) is 0 Å². The quantitative estimate of drug-likeness (QED) is 0.424. The molecule has 1 aromatic carbocycles. The first kappa shape index (κ1) is 22.3. The Morgan fingerprint density at radius 1 is 1.10 bits per heavy atom. The lowest BCUT2D eigenvalue weighted by molar-refractivity contribution is 0.0955. The molecule has 2 heterocycles. The summed E-state index contributed by atoms with van der Waals surface area (Å²) in [5.41, 5.74) is 1.69. The minimum absolute atomic E-state index is 0.0437. The lowest BCUT2D eigenvalue weighted by atomic mass is 10.1. The highest BCUT2D eigenvalue weighted by Crippen LogP contribution is 2.27. The Hall–Kier alpha value is -2.38. The van der Waals surface area contributed by atoms with Crippen LogP contribution < -0.4 is 16.0 Å². The van der Waals surface area contributed by atoms with Crippen molar-refractivity contribution in [3.8, 4) is 0 Å². The Morgan fingerprint density at radius 3 is 2.60 bits per heavy atom. The largest absolute Gasteiger partial charge is 0.357 e. The number of guanidine groups is 1. The van der Waals surface area contributed by atoms with Gasteiger partial charge in [0.2, 0.25) is 0 Å². The molecule has 162 valence electrons. The summed E-state index contributed by atoms with van der Waals surface area (Å²) < 4.78 is 0. The molecule has 1 aromatic heterocycles. The fourth-order valence-electron chi connectivity index (χ4n) is 3.72. The molecule has 1 saturated heterocycles. The summed E-state index contributed by atoms with van der Waals surface area (Å²) >= 11 is 1.82. The van der Waals surface area contributed by atoms with Crippen LogP contribution in [-0.4, -0.2) is 49.5 Å². The van der Waals surface area contributed by atoms with Crippen molar-refractivity contribution in [2.24, 2.45) is 4.99 Å². The fraction of sp³-hybridized carbons (Fsp3) is 0.478.